The summed E-state index contributed by atoms with van der Waals surface area (Å²) >= 11 is 5.09. The lowest BCUT2D eigenvalue weighted by Gasteiger charge is -2.09. The number of nitrogen functional groups attached to an aromatic ring is 1. The van der Waals surface area contributed by atoms with Crippen molar-refractivity contribution in [3.63, 3.8) is 0 Å². The minimum atomic E-state index is -5.04. The number of rotatable bonds is 2. The number of para-hydroxylation sites is 1. The molecule has 1 aromatic carbocycles. The van der Waals surface area contributed by atoms with Crippen molar-refractivity contribution in [3.8, 4) is 0 Å². The topological polar surface area (TPSA) is 60.2 Å². The van der Waals surface area contributed by atoms with Gasteiger partial charge in [-0.2, -0.15) is 13.2 Å². The highest BCUT2D eigenvalue weighted by atomic mass is 35.5. The van der Waals surface area contributed by atoms with E-state index in [9.17, 15) is 22.8 Å². The van der Waals surface area contributed by atoms with Crippen molar-refractivity contribution in [1.29, 1.82) is 0 Å². The van der Waals surface area contributed by atoms with Gasteiger partial charge in [0.25, 0.3) is 11.0 Å². The number of Topliss-reactive ketones (excluding diaryl/α,β-unsaturated/α-hetero) is 1. The van der Waals surface area contributed by atoms with Crippen molar-refractivity contribution >= 4 is 28.3 Å². The van der Waals surface area contributed by atoms with Gasteiger partial charge in [0.1, 0.15) is 0 Å². The van der Waals surface area contributed by atoms with Gasteiger partial charge in [-0.15, -0.1) is 0 Å². The molecular weight excluding hydrogens is 247 g/mol. The van der Waals surface area contributed by atoms with Crippen LogP contribution in [0.5, 0.6) is 0 Å². The minimum Gasteiger partial charge on any atom is -0.398 e. The van der Waals surface area contributed by atoms with Crippen molar-refractivity contribution in [2.75, 3.05) is 5.73 Å². The molecule has 0 unspecified atom stereocenters. The van der Waals surface area contributed by atoms with Crippen molar-refractivity contribution in [1.82, 2.24) is 0 Å². The fourth-order valence-electron chi connectivity index (χ4n) is 1.09. The third-order valence-corrected chi connectivity index (χ3v) is 2.02. The second kappa shape index (κ2) is 4.13. The molecule has 0 bridgehead atoms. The summed E-state index contributed by atoms with van der Waals surface area (Å²) in [7, 11) is 0. The maximum atomic E-state index is 12.1. The highest BCUT2D eigenvalue weighted by Crippen LogP contribution is 2.27. The number of carbonyl (C=O) groups is 2. The summed E-state index contributed by atoms with van der Waals surface area (Å²) in [6, 6.07) is 3.12. The first-order valence-corrected chi connectivity index (χ1v) is 4.32. The minimum absolute atomic E-state index is 0.322. The van der Waals surface area contributed by atoms with Crippen molar-refractivity contribution in [2.24, 2.45) is 0 Å². The molecule has 2 N–H and O–H groups in total. The first-order chi connectivity index (χ1) is 7.25. The average Bonchev–Trinajstić information content (AvgIpc) is 2.15. The van der Waals surface area contributed by atoms with E-state index in [0.29, 0.717) is 0 Å². The fraction of sp³-hybridized carbons (Fsp3) is 0.111. The summed E-state index contributed by atoms with van der Waals surface area (Å²) in [4.78, 5) is 21.7. The van der Waals surface area contributed by atoms with Gasteiger partial charge in [-0.05, 0) is 23.7 Å². The van der Waals surface area contributed by atoms with E-state index in [1.807, 2.05) is 0 Å². The third-order valence-electron chi connectivity index (χ3n) is 1.82. The lowest BCUT2D eigenvalue weighted by molar-refractivity contribution is -0.0884. The number of hydrogen-bond donors (Lipinski definition) is 1. The fourth-order valence-corrected chi connectivity index (χ4v) is 1.25. The molecule has 0 aromatic heterocycles. The highest BCUT2D eigenvalue weighted by Gasteiger charge is 2.40. The molecule has 1 aromatic rings. The SMILES string of the molecule is Nc1c(C(=O)Cl)cccc1C(=O)C(F)(F)F. The van der Waals surface area contributed by atoms with E-state index in [-0.39, 0.29) is 5.56 Å². The molecule has 0 aliphatic heterocycles. The normalized spacial score (nSPS) is 11.2. The molecule has 0 atom stereocenters. The molecule has 0 fully saturated rings. The molecule has 0 radical (unpaired) electrons. The summed E-state index contributed by atoms with van der Waals surface area (Å²) in [5, 5.41) is -1.02. The number of ketones is 1. The van der Waals surface area contributed by atoms with Crippen LogP contribution in [0.1, 0.15) is 20.7 Å². The number of halogens is 4. The van der Waals surface area contributed by atoms with Crippen molar-refractivity contribution in [3.05, 3.63) is 29.3 Å². The van der Waals surface area contributed by atoms with Gasteiger partial charge in [-0.1, -0.05) is 6.07 Å². The zero-order chi connectivity index (χ0) is 12.5. The van der Waals surface area contributed by atoms with E-state index in [1.165, 1.54) is 0 Å². The number of hydrogen-bond acceptors (Lipinski definition) is 3. The Hall–Kier alpha value is -1.56. The van der Waals surface area contributed by atoms with Crippen LogP contribution in [0.2, 0.25) is 0 Å². The largest absolute Gasteiger partial charge is 0.454 e. The van der Waals surface area contributed by atoms with Crippen LogP contribution >= 0.6 is 11.6 Å². The zero-order valence-corrected chi connectivity index (χ0v) is 8.39. The molecule has 0 aliphatic carbocycles. The van der Waals surface area contributed by atoms with Gasteiger partial charge in [0.2, 0.25) is 0 Å². The van der Waals surface area contributed by atoms with Gasteiger partial charge in [0.05, 0.1) is 16.8 Å². The van der Waals surface area contributed by atoms with Gasteiger partial charge in [0, 0.05) is 0 Å². The maximum Gasteiger partial charge on any atom is 0.454 e. The standard InChI is InChI=1S/C9H5ClF3NO2/c10-8(16)5-3-1-2-4(6(5)14)7(15)9(11,12)13/h1-3H,14H2. The molecule has 0 saturated carbocycles. The second-order valence-electron chi connectivity index (χ2n) is 2.87. The first kappa shape index (κ1) is 12.5. The highest BCUT2D eigenvalue weighted by molar-refractivity contribution is 6.68. The third kappa shape index (κ3) is 2.33. The summed E-state index contributed by atoms with van der Waals surface area (Å²) in [5.41, 5.74) is 3.59. The summed E-state index contributed by atoms with van der Waals surface area (Å²) in [6.07, 6.45) is -5.04. The van der Waals surface area contributed by atoms with E-state index in [2.05, 4.69) is 0 Å². The molecule has 3 nitrogen and oxygen atoms in total. The first-order valence-electron chi connectivity index (χ1n) is 3.95. The lowest BCUT2D eigenvalue weighted by atomic mass is 10.0. The monoisotopic (exact) mass is 251 g/mol. The quantitative estimate of drug-likeness (QED) is 0.499. The maximum absolute atomic E-state index is 12.1. The van der Waals surface area contributed by atoms with Crippen LogP contribution in [0.15, 0.2) is 18.2 Å². The Bertz CT molecular complexity index is 457. The average molecular weight is 252 g/mol. The van der Waals surface area contributed by atoms with E-state index in [1.54, 1.807) is 0 Å². The van der Waals surface area contributed by atoms with Crippen molar-refractivity contribution < 1.29 is 22.8 Å². The van der Waals surface area contributed by atoms with Crippen LogP contribution in [-0.2, 0) is 0 Å². The Morgan fingerprint density at radius 1 is 1.19 bits per heavy atom. The lowest BCUT2D eigenvalue weighted by Crippen LogP contribution is -2.24. The summed E-state index contributed by atoms with van der Waals surface area (Å²) in [5.74, 6) is -2.11. The Kier molecular flexibility index (Phi) is 3.23. The Labute approximate surface area is 93.0 Å². The molecule has 0 aliphatic rings. The predicted molar refractivity (Wildman–Crippen MR) is 51.4 cm³/mol. The van der Waals surface area contributed by atoms with E-state index in [4.69, 9.17) is 17.3 Å². The molecular formula is C9H5ClF3NO2. The second-order valence-corrected chi connectivity index (χ2v) is 3.21. The van der Waals surface area contributed by atoms with E-state index in [0.717, 1.165) is 18.2 Å². The van der Waals surface area contributed by atoms with Gasteiger partial charge < -0.3 is 5.73 Å². The zero-order valence-electron chi connectivity index (χ0n) is 7.64. The molecule has 0 saturated heterocycles. The van der Waals surface area contributed by atoms with Gasteiger partial charge in [0.15, 0.2) is 0 Å². The van der Waals surface area contributed by atoms with Crippen LogP contribution in [-0.4, -0.2) is 17.2 Å². The van der Waals surface area contributed by atoms with E-state index < -0.39 is 28.5 Å². The molecule has 0 amide bonds. The number of alkyl halides is 3. The predicted octanol–water partition coefficient (Wildman–Crippen LogP) is 2.39. The Morgan fingerprint density at radius 3 is 2.12 bits per heavy atom. The summed E-state index contributed by atoms with van der Waals surface area (Å²) < 4.78 is 36.4. The molecule has 86 valence electrons. The number of anilines is 1. The Morgan fingerprint density at radius 2 is 1.69 bits per heavy atom. The molecule has 16 heavy (non-hydrogen) atoms. The molecule has 0 spiro atoms. The smallest absolute Gasteiger partial charge is 0.398 e. The van der Waals surface area contributed by atoms with Crippen LogP contribution in [0.3, 0.4) is 0 Å². The van der Waals surface area contributed by atoms with Gasteiger partial charge in [-0.25, -0.2) is 0 Å². The van der Waals surface area contributed by atoms with Crippen LogP contribution in [0.25, 0.3) is 0 Å². The van der Waals surface area contributed by atoms with Gasteiger partial charge >= 0.3 is 6.18 Å². The van der Waals surface area contributed by atoms with Gasteiger partial charge in [-0.3, -0.25) is 9.59 Å². The molecule has 0 heterocycles. The molecule has 1 rings (SSSR count). The van der Waals surface area contributed by atoms with E-state index >= 15 is 0 Å². The van der Waals surface area contributed by atoms with Crippen LogP contribution in [0, 0.1) is 0 Å². The summed E-state index contributed by atoms with van der Waals surface area (Å²) in [6.45, 7) is 0. The molecule has 7 heteroatoms. The number of nitrogens with two attached hydrogens (primary N) is 1. The van der Waals surface area contributed by atoms with Crippen LogP contribution < -0.4 is 5.73 Å². The Balaban J connectivity index is 3.32. The van der Waals surface area contributed by atoms with Crippen LogP contribution in [0.4, 0.5) is 18.9 Å². The number of benzene rings is 1. The number of carbonyl (C=O) groups excluding carboxylic acids is 2. The van der Waals surface area contributed by atoms with Crippen molar-refractivity contribution in [2.45, 2.75) is 6.18 Å².